The summed E-state index contributed by atoms with van der Waals surface area (Å²) in [5, 5.41) is 2.86. The van der Waals surface area contributed by atoms with Gasteiger partial charge in [0.2, 0.25) is 0 Å². The van der Waals surface area contributed by atoms with E-state index in [4.69, 9.17) is 0 Å². The van der Waals surface area contributed by atoms with Crippen LogP contribution in [0.15, 0.2) is 0 Å². The van der Waals surface area contributed by atoms with Gasteiger partial charge in [0.25, 0.3) is 0 Å². The van der Waals surface area contributed by atoms with E-state index < -0.39 is 0 Å². The molecule has 0 aliphatic carbocycles. The fourth-order valence-electron chi connectivity index (χ4n) is 0.144. The van der Waals surface area contributed by atoms with E-state index in [-0.39, 0.29) is 0 Å². The lowest BCUT2D eigenvalue weighted by Gasteiger charge is -1.65. The Hall–Kier alpha value is -0.0900. The van der Waals surface area contributed by atoms with Crippen molar-refractivity contribution < 1.29 is 0 Å². The van der Waals surface area contributed by atoms with Crippen LogP contribution in [0.25, 0.3) is 0 Å². The van der Waals surface area contributed by atoms with E-state index in [0.717, 1.165) is 6.42 Å². The summed E-state index contributed by atoms with van der Waals surface area (Å²) in [5.41, 5.74) is 0. The van der Waals surface area contributed by atoms with Crippen molar-refractivity contribution in [3.8, 4) is 11.2 Å². The Morgan fingerprint density at radius 2 is 2.33 bits per heavy atom. The minimum absolute atomic E-state index is 0.973. The Morgan fingerprint density at radius 3 is 2.50 bits per heavy atom. The molecule has 0 N–H and O–H groups in total. The largest absolute Gasteiger partial charge is 0.0916 e. The fraction of sp³-hybridized carbons (Fsp3) is 0.600. The van der Waals surface area contributed by atoms with E-state index in [1.54, 1.807) is 11.8 Å². The summed E-state index contributed by atoms with van der Waals surface area (Å²) in [7, 11) is 0. The molecule has 0 aromatic carbocycles. The predicted octanol–water partition coefficient (Wildman–Crippen LogP) is 1.72. The highest BCUT2D eigenvalue weighted by atomic mass is 32.2. The van der Waals surface area contributed by atoms with Gasteiger partial charge in [0.05, 0.1) is 0 Å². The Kier molecular flexibility index (Phi) is 4.84. The smallest absolute Gasteiger partial charge is 0.00692 e. The summed E-state index contributed by atoms with van der Waals surface area (Å²) < 4.78 is 0. The Balaban J connectivity index is 2.90. The zero-order chi connectivity index (χ0) is 4.83. The van der Waals surface area contributed by atoms with Crippen LogP contribution in [0.3, 0.4) is 0 Å². The lowest BCUT2D eigenvalue weighted by atomic mass is 10.5. The predicted molar refractivity (Wildman–Crippen MR) is 31.6 cm³/mol. The highest BCUT2D eigenvalue weighted by molar-refractivity contribution is 8.03. The first-order valence-corrected chi connectivity index (χ1v) is 3.15. The van der Waals surface area contributed by atoms with Gasteiger partial charge >= 0.3 is 0 Å². The van der Waals surface area contributed by atoms with E-state index in [1.807, 2.05) is 13.2 Å². The molecule has 34 valence electrons. The molecule has 0 atom stereocenters. The van der Waals surface area contributed by atoms with E-state index >= 15 is 0 Å². The van der Waals surface area contributed by atoms with Gasteiger partial charge in [-0.05, 0) is 11.5 Å². The monoisotopic (exact) mass is 100 g/mol. The quantitative estimate of drug-likeness (QED) is 0.418. The molecule has 0 amide bonds. The lowest BCUT2D eigenvalue weighted by molar-refractivity contribution is 1.28. The van der Waals surface area contributed by atoms with E-state index in [9.17, 15) is 0 Å². The number of thioether (sulfide) groups is 1. The number of hydrogen-bond donors (Lipinski definition) is 0. The maximum Gasteiger partial charge on any atom is 0.00692 e. The Bertz CT molecular complexity index is 57.7. The second-order valence-electron chi connectivity index (χ2n) is 0.837. The molecule has 0 aromatic heterocycles. The standard InChI is InChI=1S/C5H8S/c1-3-4-5-6-2/h3H2,1-2H3. The molecule has 0 saturated heterocycles. The zero-order valence-electron chi connectivity index (χ0n) is 4.12. The minimum atomic E-state index is 0.973. The van der Waals surface area contributed by atoms with Crippen LogP contribution in [-0.4, -0.2) is 6.26 Å². The highest BCUT2D eigenvalue weighted by Gasteiger charge is 1.56. The molecule has 0 radical (unpaired) electrons. The van der Waals surface area contributed by atoms with Crippen LogP contribution in [0.2, 0.25) is 0 Å². The van der Waals surface area contributed by atoms with Gasteiger partial charge in [-0.15, -0.1) is 0 Å². The van der Waals surface area contributed by atoms with Gasteiger partial charge in [0.1, 0.15) is 0 Å². The summed E-state index contributed by atoms with van der Waals surface area (Å²) in [6.07, 6.45) is 2.95. The van der Waals surface area contributed by atoms with Gasteiger partial charge < -0.3 is 0 Å². The average Bonchev–Trinajstić information content (AvgIpc) is 1.61. The molecule has 0 nitrogen and oxygen atoms in total. The first-order chi connectivity index (χ1) is 2.91. The number of rotatable bonds is 0. The molecule has 0 aliphatic rings. The van der Waals surface area contributed by atoms with Crippen molar-refractivity contribution in [2.75, 3.05) is 6.26 Å². The Morgan fingerprint density at radius 1 is 1.67 bits per heavy atom. The van der Waals surface area contributed by atoms with Crippen LogP contribution in [0.5, 0.6) is 0 Å². The molecule has 0 heterocycles. The second kappa shape index (κ2) is 4.91. The molecular weight excluding hydrogens is 92.1 g/mol. The minimum Gasteiger partial charge on any atom is -0.0916 e. The summed E-state index contributed by atoms with van der Waals surface area (Å²) in [6, 6.07) is 0. The van der Waals surface area contributed by atoms with Crippen LogP contribution in [-0.2, 0) is 0 Å². The third-order valence-electron chi connectivity index (χ3n) is 0.351. The van der Waals surface area contributed by atoms with Gasteiger partial charge in [0, 0.05) is 6.42 Å². The summed E-state index contributed by atoms with van der Waals surface area (Å²) in [6.45, 7) is 2.04. The number of hydrogen-bond acceptors (Lipinski definition) is 1. The van der Waals surface area contributed by atoms with Crippen LogP contribution in [0.4, 0.5) is 0 Å². The SMILES string of the molecule is CCC#CSC. The van der Waals surface area contributed by atoms with Crippen molar-refractivity contribution in [2.24, 2.45) is 0 Å². The zero-order valence-corrected chi connectivity index (χ0v) is 4.93. The third kappa shape index (κ3) is 3.91. The van der Waals surface area contributed by atoms with Crippen molar-refractivity contribution in [1.82, 2.24) is 0 Å². The van der Waals surface area contributed by atoms with E-state index in [2.05, 4.69) is 11.2 Å². The van der Waals surface area contributed by atoms with Crippen LogP contribution in [0.1, 0.15) is 13.3 Å². The summed E-state index contributed by atoms with van der Waals surface area (Å²) in [4.78, 5) is 0. The molecule has 0 bridgehead atoms. The third-order valence-corrected chi connectivity index (χ3v) is 0.699. The maximum absolute atomic E-state index is 2.91. The van der Waals surface area contributed by atoms with Gasteiger partial charge in [0.15, 0.2) is 0 Å². The van der Waals surface area contributed by atoms with Crippen molar-refractivity contribution in [3.63, 3.8) is 0 Å². The van der Waals surface area contributed by atoms with Crippen LogP contribution >= 0.6 is 11.8 Å². The highest BCUT2D eigenvalue weighted by Crippen LogP contribution is 1.83. The van der Waals surface area contributed by atoms with Gasteiger partial charge in [-0.3, -0.25) is 0 Å². The topological polar surface area (TPSA) is 0 Å². The molecule has 0 aromatic rings. The van der Waals surface area contributed by atoms with Crippen LogP contribution in [0, 0.1) is 11.2 Å². The van der Waals surface area contributed by atoms with Crippen molar-refractivity contribution in [2.45, 2.75) is 13.3 Å². The molecular formula is C5H8S. The van der Waals surface area contributed by atoms with Gasteiger partial charge in [-0.2, -0.15) is 0 Å². The molecule has 0 rings (SSSR count). The second-order valence-corrected chi connectivity index (χ2v) is 1.45. The lowest BCUT2D eigenvalue weighted by Crippen LogP contribution is -1.47. The fourth-order valence-corrected chi connectivity index (χ4v) is 0.433. The van der Waals surface area contributed by atoms with Gasteiger partial charge in [-0.1, -0.05) is 24.6 Å². The summed E-state index contributed by atoms with van der Waals surface area (Å²) >= 11 is 1.57. The van der Waals surface area contributed by atoms with Crippen molar-refractivity contribution in [3.05, 3.63) is 0 Å². The molecule has 1 heteroatoms. The average molecular weight is 100 g/mol. The van der Waals surface area contributed by atoms with E-state index in [0.29, 0.717) is 0 Å². The first-order valence-electron chi connectivity index (χ1n) is 1.92. The van der Waals surface area contributed by atoms with Crippen LogP contribution < -0.4 is 0 Å². The maximum atomic E-state index is 2.91. The first kappa shape index (κ1) is 5.91. The molecule has 0 aliphatic heterocycles. The Labute approximate surface area is 43.3 Å². The molecule has 6 heavy (non-hydrogen) atoms. The molecule has 0 spiro atoms. The molecule has 0 unspecified atom stereocenters. The van der Waals surface area contributed by atoms with Gasteiger partial charge in [-0.25, -0.2) is 0 Å². The summed E-state index contributed by atoms with van der Waals surface area (Å²) in [5.74, 6) is 2.91. The van der Waals surface area contributed by atoms with Crippen molar-refractivity contribution in [1.29, 1.82) is 0 Å². The van der Waals surface area contributed by atoms with Crippen molar-refractivity contribution >= 4 is 11.8 Å². The molecule has 0 saturated carbocycles. The normalized spacial score (nSPS) is 6.33. The van der Waals surface area contributed by atoms with E-state index in [1.165, 1.54) is 0 Å². The molecule has 0 fully saturated rings.